The van der Waals surface area contributed by atoms with Gasteiger partial charge in [0, 0.05) is 5.02 Å². The van der Waals surface area contributed by atoms with E-state index in [-0.39, 0.29) is 5.78 Å². The molecule has 3 nitrogen and oxygen atoms in total. The SMILES string of the molecule is COc1ccc(Cl)cc1C(=O)c1scnc1C. The van der Waals surface area contributed by atoms with Gasteiger partial charge in [-0.15, -0.1) is 11.3 Å². The van der Waals surface area contributed by atoms with Crippen molar-refractivity contribution in [3.05, 3.63) is 44.9 Å². The van der Waals surface area contributed by atoms with E-state index in [1.807, 2.05) is 0 Å². The van der Waals surface area contributed by atoms with Gasteiger partial charge in [-0.2, -0.15) is 0 Å². The Hall–Kier alpha value is -1.39. The van der Waals surface area contributed by atoms with Crippen molar-refractivity contribution in [3.8, 4) is 5.75 Å². The molecule has 0 fully saturated rings. The maximum atomic E-state index is 12.3. The highest BCUT2D eigenvalue weighted by atomic mass is 35.5. The zero-order valence-corrected chi connectivity index (χ0v) is 10.9. The van der Waals surface area contributed by atoms with Gasteiger partial charge >= 0.3 is 0 Å². The van der Waals surface area contributed by atoms with Crippen LogP contribution >= 0.6 is 22.9 Å². The highest BCUT2D eigenvalue weighted by Gasteiger charge is 2.18. The average Bonchev–Trinajstić information content (AvgIpc) is 2.74. The molecule has 0 aliphatic heterocycles. The summed E-state index contributed by atoms with van der Waals surface area (Å²) in [6.45, 7) is 1.81. The number of halogens is 1. The van der Waals surface area contributed by atoms with Crippen molar-refractivity contribution in [2.45, 2.75) is 6.92 Å². The van der Waals surface area contributed by atoms with Crippen LogP contribution in [0, 0.1) is 6.92 Å². The van der Waals surface area contributed by atoms with Crippen LogP contribution in [0.5, 0.6) is 5.75 Å². The van der Waals surface area contributed by atoms with Crippen molar-refractivity contribution in [1.29, 1.82) is 0 Å². The second kappa shape index (κ2) is 4.85. The van der Waals surface area contributed by atoms with Crippen LogP contribution in [0.4, 0.5) is 0 Å². The molecular weight excluding hydrogens is 258 g/mol. The molecule has 0 aliphatic rings. The number of ether oxygens (including phenoxy) is 1. The quantitative estimate of drug-likeness (QED) is 0.801. The van der Waals surface area contributed by atoms with Crippen LogP contribution in [0.2, 0.25) is 5.02 Å². The molecule has 1 aromatic carbocycles. The Labute approximate surface area is 108 Å². The Kier molecular flexibility index (Phi) is 3.45. The molecule has 0 radical (unpaired) electrons. The molecular formula is C12H10ClNO2S. The molecule has 0 aliphatic carbocycles. The van der Waals surface area contributed by atoms with Gasteiger partial charge in [0.15, 0.2) is 0 Å². The summed E-state index contributed by atoms with van der Waals surface area (Å²) in [6.07, 6.45) is 0. The molecule has 1 aromatic heterocycles. The fourth-order valence-corrected chi connectivity index (χ4v) is 2.43. The first-order valence-electron chi connectivity index (χ1n) is 4.92. The number of benzene rings is 1. The second-order valence-electron chi connectivity index (χ2n) is 3.44. The Morgan fingerprint density at radius 2 is 2.24 bits per heavy atom. The lowest BCUT2D eigenvalue weighted by Crippen LogP contribution is -2.03. The van der Waals surface area contributed by atoms with Crippen LogP contribution in [-0.2, 0) is 0 Å². The molecule has 2 rings (SSSR count). The first-order chi connectivity index (χ1) is 8.13. The Morgan fingerprint density at radius 1 is 1.47 bits per heavy atom. The molecule has 0 unspecified atom stereocenters. The first-order valence-corrected chi connectivity index (χ1v) is 6.17. The number of ketones is 1. The number of hydrogen-bond acceptors (Lipinski definition) is 4. The maximum Gasteiger partial charge on any atom is 0.208 e. The average molecular weight is 268 g/mol. The van der Waals surface area contributed by atoms with Crippen molar-refractivity contribution in [2.24, 2.45) is 0 Å². The molecule has 0 saturated carbocycles. The van der Waals surface area contributed by atoms with Gasteiger partial charge in [0.05, 0.1) is 28.8 Å². The smallest absolute Gasteiger partial charge is 0.208 e. The van der Waals surface area contributed by atoms with Crippen LogP contribution in [0.15, 0.2) is 23.7 Å². The lowest BCUT2D eigenvalue weighted by Gasteiger charge is -2.07. The number of nitrogens with zero attached hydrogens (tertiary/aromatic N) is 1. The van der Waals surface area contributed by atoms with E-state index in [0.717, 1.165) is 5.69 Å². The Balaban J connectivity index is 2.50. The summed E-state index contributed by atoms with van der Waals surface area (Å²) in [5.41, 5.74) is 2.84. The Morgan fingerprint density at radius 3 is 2.82 bits per heavy atom. The molecule has 0 spiro atoms. The predicted octanol–water partition coefficient (Wildman–Crippen LogP) is 3.34. The van der Waals surface area contributed by atoms with Crippen molar-refractivity contribution in [2.75, 3.05) is 7.11 Å². The number of thiazole rings is 1. The first kappa shape index (κ1) is 12.1. The maximum absolute atomic E-state index is 12.3. The van der Waals surface area contributed by atoms with Gasteiger partial charge in [-0.05, 0) is 25.1 Å². The molecule has 0 amide bonds. The summed E-state index contributed by atoms with van der Waals surface area (Å²) in [5, 5.41) is 0.510. The summed E-state index contributed by atoms with van der Waals surface area (Å²) >= 11 is 7.22. The van der Waals surface area contributed by atoms with Gasteiger partial charge in [0.25, 0.3) is 0 Å². The third-order valence-corrected chi connectivity index (χ3v) is 3.52. The number of hydrogen-bond donors (Lipinski definition) is 0. The molecule has 0 atom stereocenters. The van der Waals surface area contributed by atoms with E-state index in [1.165, 1.54) is 18.4 Å². The van der Waals surface area contributed by atoms with Gasteiger partial charge in [0.2, 0.25) is 5.78 Å². The lowest BCUT2D eigenvalue weighted by atomic mass is 10.1. The van der Waals surface area contributed by atoms with Gasteiger partial charge in [-0.3, -0.25) is 4.79 Å². The normalized spacial score (nSPS) is 10.3. The number of carbonyl (C=O) groups is 1. The molecule has 1 heterocycles. The van der Waals surface area contributed by atoms with Crippen molar-refractivity contribution in [1.82, 2.24) is 4.98 Å². The summed E-state index contributed by atoms with van der Waals surface area (Å²) < 4.78 is 5.16. The van der Waals surface area contributed by atoms with E-state index in [2.05, 4.69) is 4.98 Å². The van der Waals surface area contributed by atoms with Gasteiger partial charge in [-0.25, -0.2) is 4.98 Å². The van der Waals surface area contributed by atoms with Crippen LogP contribution in [0.3, 0.4) is 0 Å². The molecule has 0 bridgehead atoms. The Bertz CT molecular complexity index is 565. The molecule has 88 valence electrons. The van der Waals surface area contributed by atoms with Crippen LogP contribution in [0.25, 0.3) is 0 Å². The van der Waals surface area contributed by atoms with E-state index in [1.54, 1.807) is 30.6 Å². The zero-order valence-electron chi connectivity index (χ0n) is 9.36. The van der Waals surface area contributed by atoms with Crippen molar-refractivity contribution < 1.29 is 9.53 Å². The number of methoxy groups -OCH3 is 1. The fraction of sp³-hybridized carbons (Fsp3) is 0.167. The summed E-state index contributed by atoms with van der Waals surface area (Å²) in [6, 6.07) is 4.99. The van der Waals surface area contributed by atoms with Crippen LogP contribution in [0.1, 0.15) is 20.9 Å². The fourth-order valence-electron chi connectivity index (χ4n) is 1.50. The van der Waals surface area contributed by atoms with E-state index in [4.69, 9.17) is 16.3 Å². The van der Waals surface area contributed by atoms with E-state index in [9.17, 15) is 4.79 Å². The second-order valence-corrected chi connectivity index (χ2v) is 4.73. The third kappa shape index (κ3) is 2.33. The predicted molar refractivity (Wildman–Crippen MR) is 68.3 cm³/mol. The molecule has 2 aromatic rings. The van der Waals surface area contributed by atoms with Crippen LogP contribution in [-0.4, -0.2) is 17.9 Å². The van der Waals surface area contributed by atoms with Gasteiger partial charge < -0.3 is 4.74 Å². The molecule has 17 heavy (non-hydrogen) atoms. The highest BCUT2D eigenvalue weighted by molar-refractivity contribution is 7.12. The monoisotopic (exact) mass is 267 g/mol. The standard InChI is InChI=1S/C12H10ClNO2S/c1-7-12(17-6-14-7)11(15)9-5-8(13)3-4-10(9)16-2/h3-6H,1-2H3. The third-order valence-electron chi connectivity index (χ3n) is 2.36. The van der Waals surface area contributed by atoms with Gasteiger partial charge in [-0.1, -0.05) is 11.6 Å². The zero-order chi connectivity index (χ0) is 12.4. The topological polar surface area (TPSA) is 39.2 Å². The van der Waals surface area contributed by atoms with E-state index >= 15 is 0 Å². The molecule has 5 heteroatoms. The summed E-state index contributed by atoms with van der Waals surface area (Å²) in [7, 11) is 1.53. The number of rotatable bonds is 3. The van der Waals surface area contributed by atoms with Crippen molar-refractivity contribution in [3.63, 3.8) is 0 Å². The number of aryl methyl sites for hydroxylation is 1. The van der Waals surface area contributed by atoms with Crippen molar-refractivity contribution >= 4 is 28.7 Å². The number of aromatic nitrogens is 1. The molecule has 0 saturated heterocycles. The van der Waals surface area contributed by atoms with Gasteiger partial charge in [0.1, 0.15) is 5.75 Å². The minimum atomic E-state index is -0.107. The largest absolute Gasteiger partial charge is 0.496 e. The number of carbonyl (C=O) groups excluding carboxylic acids is 1. The minimum absolute atomic E-state index is 0.107. The summed E-state index contributed by atoms with van der Waals surface area (Å²) in [4.78, 5) is 17.0. The van der Waals surface area contributed by atoms with E-state index in [0.29, 0.717) is 21.2 Å². The highest BCUT2D eigenvalue weighted by Crippen LogP contribution is 2.27. The summed E-state index contributed by atoms with van der Waals surface area (Å²) in [5.74, 6) is 0.413. The minimum Gasteiger partial charge on any atom is -0.496 e. The lowest BCUT2D eigenvalue weighted by molar-refractivity contribution is 0.103. The molecule has 0 N–H and O–H groups in total. The van der Waals surface area contributed by atoms with Crippen LogP contribution < -0.4 is 4.74 Å². The van der Waals surface area contributed by atoms with E-state index < -0.39 is 0 Å².